The van der Waals surface area contributed by atoms with Gasteiger partial charge < -0.3 is 23.4 Å². The SMILES string of the molecule is CC(=O)N(NC(=O)OC(C)(C)C)C1[C@H]2OC(C)(C)O[C@@H]2O[C@@H]1CO[Si](C)(C)C(C)(C)C. The van der Waals surface area contributed by atoms with Crippen molar-refractivity contribution in [2.24, 2.45) is 0 Å². The predicted molar refractivity (Wildman–Crippen MR) is 118 cm³/mol. The highest BCUT2D eigenvalue weighted by atomic mass is 28.4. The number of ether oxygens (including phenoxy) is 4. The van der Waals surface area contributed by atoms with E-state index in [1.54, 1.807) is 34.6 Å². The first-order valence-electron chi connectivity index (χ1n) is 10.8. The first kappa shape index (κ1) is 26.1. The maximum atomic E-state index is 12.6. The summed E-state index contributed by atoms with van der Waals surface area (Å²) in [4.78, 5) is 25.0. The van der Waals surface area contributed by atoms with Crippen LogP contribution in [0.3, 0.4) is 0 Å². The number of carbonyl (C=O) groups is 2. The Balaban J connectivity index is 2.26. The van der Waals surface area contributed by atoms with Crippen molar-refractivity contribution >= 4 is 20.3 Å². The zero-order chi connectivity index (χ0) is 24.0. The van der Waals surface area contributed by atoms with E-state index in [9.17, 15) is 9.59 Å². The van der Waals surface area contributed by atoms with Crippen LogP contribution in [-0.2, 0) is 28.2 Å². The number of carbonyl (C=O) groups excluding carboxylic acids is 2. The van der Waals surface area contributed by atoms with Crippen molar-refractivity contribution in [3.05, 3.63) is 0 Å². The van der Waals surface area contributed by atoms with Gasteiger partial charge in [-0.15, -0.1) is 0 Å². The van der Waals surface area contributed by atoms with Crippen molar-refractivity contribution in [2.45, 2.75) is 116 Å². The molecule has 2 aliphatic rings. The standard InChI is InChI=1S/C21H40N2O7Si/c1-13(24)23(22-18(25)30-19(2,3)4)15-14(12-26-31(10,11)20(5,6)7)27-17-16(15)28-21(8,9)29-17/h14-17H,12H2,1-11H3,(H,22,25)/t14-,15?,16-,17+/m1/s1. The third-order valence-corrected chi connectivity index (χ3v) is 10.3. The van der Waals surface area contributed by atoms with E-state index in [1.165, 1.54) is 11.9 Å². The van der Waals surface area contributed by atoms with Gasteiger partial charge >= 0.3 is 6.09 Å². The van der Waals surface area contributed by atoms with Crippen molar-refractivity contribution < 1.29 is 33.0 Å². The van der Waals surface area contributed by atoms with E-state index in [0.717, 1.165) is 0 Å². The Morgan fingerprint density at radius 1 is 1.10 bits per heavy atom. The van der Waals surface area contributed by atoms with Crippen molar-refractivity contribution in [3.63, 3.8) is 0 Å². The molecule has 0 aromatic heterocycles. The van der Waals surface area contributed by atoms with Crippen LogP contribution in [-0.4, -0.2) is 67.9 Å². The summed E-state index contributed by atoms with van der Waals surface area (Å²) >= 11 is 0. The molecule has 180 valence electrons. The predicted octanol–water partition coefficient (Wildman–Crippen LogP) is 3.54. The molecule has 2 heterocycles. The Morgan fingerprint density at radius 3 is 2.16 bits per heavy atom. The lowest BCUT2D eigenvalue weighted by Crippen LogP contribution is -2.60. The molecule has 4 atom stereocenters. The van der Waals surface area contributed by atoms with Gasteiger partial charge in [0, 0.05) is 6.92 Å². The molecule has 2 amide bonds. The molecule has 10 heteroatoms. The molecule has 0 aliphatic carbocycles. The fraction of sp³-hybridized carbons (Fsp3) is 0.905. The Kier molecular flexibility index (Phi) is 7.25. The largest absolute Gasteiger partial charge is 0.443 e. The lowest BCUT2D eigenvalue weighted by atomic mass is 10.1. The minimum Gasteiger partial charge on any atom is -0.443 e. The van der Waals surface area contributed by atoms with Gasteiger partial charge in [-0.05, 0) is 52.8 Å². The van der Waals surface area contributed by atoms with Gasteiger partial charge in [-0.3, -0.25) is 4.79 Å². The highest BCUT2D eigenvalue weighted by Gasteiger charge is 2.58. The molecular weight excluding hydrogens is 420 g/mol. The fourth-order valence-corrected chi connectivity index (χ4v) is 4.29. The Morgan fingerprint density at radius 2 is 1.68 bits per heavy atom. The molecule has 0 aromatic rings. The molecular formula is C21H40N2O7Si. The maximum absolute atomic E-state index is 12.6. The number of rotatable bonds is 4. The van der Waals surface area contributed by atoms with Crippen LogP contribution in [0.5, 0.6) is 0 Å². The fourth-order valence-electron chi connectivity index (χ4n) is 3.28. The summed E-state index contributed by atoms with van der Waals surface area (Å²) < 4.78 is 29.8. The molecule has 31 heavy (non-hydrogen) atoms. The van der Waals surface area contributed by atoms with Gasteiger partial charge in [-0.25, -0.2) is 15.2 Å². The van der Waals surface area contributed by atoms with Gasteiger partial charge in [-0.1, -0.05) is 20.8 Å². The summed E-state index contributed by atoms with van der Waals surface area (Å²) in [6.45, 7) is 21.2. The van der Waals surface area contributed by atoms with Crippen molar-refractivity contribution in [1.29, 1.82) is 0 Å². The van der Waals surface area contributed by atoms with Crippen molar-refractivity contribution in [2.75, 3.05) is 6.61 Å². The molecule has 1 unspecified atom stereocenters. The molecule has 2 fully saturated rings. The molecule has 0 aromatic carbocycles. The first-order valence-corrected chi connectivity index (χ1v) is 13.7. The molecule has 2 saturated heterocycles. The lowest BCUT2D eigenvalue weighted by Gasteiger charge is -2.39. The van der Waals surface area contributed by atoms with E-state index in [1.807, 2.05) is 0 Å². The summed E-state index contributed by atoms with van der Waals surface area (Å²) in [5.74, 6) is -1.24. The smallest absolute Gasteiger partial charge is 0.426 e. The Bertz CT molecular complexity index is 684. The van der Waals surface area contributed by atoms with Crippen LogP contribution in [0.1, 0.15) is 62.3 Å². The number of hydrogen-bond donors (Lipinski definition) is 1. The highest BCUT2D eigenvalue weighted by molar-refractivity contribution is 6.74. The van der Waals surface area contributed by atoms with E-state index in [-0.39, 0.29) is 17.6 Å². The molecule has 0 bridgehead atoms. The third kappa shape index (κ3) is 6.41. The number of hydrogen-bond acceptors (Lipinski definition) is 7. The van der Waals surface area contributed by atoms with Gasteiger partial charge in [0.1, 0.15) is 23.9 Å². The second-order valence-electron chi connectivity index (χ2n) is 11.2. The Labute approximate surface area is 187 Å². The summed E-state index contributed by atoms with van der Waals surface area (Å²) in [6.07, 6.45) is -2.52. The number of nitrogens with one attached hydrogen (secondary N) is 1. The summed E-state index contributed by atoms with van der Waals surface area (Å²) in [5, 5.41) is 1.24. The molecule has 0 saturated carbocycles. The number of fused-ring (bicyclic) bond motifs is 1. The van der Waals surface area contributed by atoms with E-state index in [0.29, 0.717) is 0 Å². The number of nitrogens with zero attached hydrogens (tertiary/aromatic N) is 1. The highest BCUT2D eigenvalue weighted by Crippen LogP contribution is 2.41. The van der Waals surface area contributed by atoms with E-state index in [2.05, 4.69) is 39.3 Å². The molecule has 2 aliphatic heterocycles. The first-order chi connectivity index (χ1) is 13.8. The minimum absolute atomic E-state index is 0.0149. The molecule has 0 radical (unpaired) electrons. The van der Waals surface area contributed by atoms with Crippen LogP contribution in [0.25, 0.3) is 0 Å². The maximum Gasteiger partial charge on any atom is 0.426 e. The van der Waals surface area contributed by atoms with Crippen LogP contribution in [0.4, 0.5) is 4.79 Å². The summed E-state index contributed by atoms with van der Waals surface area (Å²) in [5.41, 5.74) is 1.87. The minimum atomic E-state index is -2.07. The van der Waals surface area contributed by atoms with Crippen molar-refractivity contribution in [1.82, 2.24) is 10.4 Å². The average Bonchev–Trinajstić information content (AvgIpc) is 2.99. The van der Waals surface area contributed by atoms with Crippen LogP contribution in [0.15, 0.2) is 0 Å². The molecule has 2 rings (SSSR count). The summed E-state index contributed by atoms with van der Waals surface area (Å²) in [6, 6.07) is -0.637. The second-order valence-corrected chi connectivity index (χ2v) is 16.0. The van der Waals surface area contributed by atoms with E-state index >= 15 is 0 Å². The van der Waals surface area contributed by atoms with Crippen LogP contribution < -0.4 is 5.43 Å². The van der Waals surface area contributed by atoms with Crippen LogP contribution in [0.2, 0.25) is 18.1 Å². The molecule has 1 N–H and O–H groups in total. The lowest BCUT2D eigenvalue weighted by molar-refractivity contribution is -0.215. The van der Waals surface area contributed by atoms with Gasteiger partial charge in [0.05, 0.1) is 6.61 Å². The third-order valence-electron chi connectivity index (χ3n) is 5.78. The van der Waals surface area contributed by atoms with Gasteiger partial charge in [0.2, 0.25) is 5.91 Å². The zero-order valence-electron chi connectivity index (χ0n) is 20.8. The quantitative estimate of drug-likeness (QED) is 0.506. The van der Waals surface area contributed by atoms with Gasteiger partial charge in [-0.2, -0.15) is 0 Å². The average molecular weight is 461 g/mol. The Hall–Kier alpha value is -1.20. The van der Waals surface area contributed by atoms with E-state index < -0.39 is 50.3 Å². The van der Waals surface area contributed by atoms with Crippen LogP contribution >= 0.6 is 0 Å². The van der Waals surface area contributed by atoms with E-state index in [4.69, 9.17) is 23.4 Å². The monoisotopic (exact) mass is 460 g/mol. The van der Waals surface area contributed by atoms with Crippen molar-refractivity contribution in [3.8, 4) is 0 Å². The molecule has 0 spiro atoms. The number of amides is 2. The normalized spacial score (nSPS) is 28.2. The summed E-state index contributed by atoms with van der Waals surface area (Å²) in [7, 11) is -2.07. The molecule has 9 nitrogen and oxygen atoms in total. The topological polar surface area (TPSA) is 95.6 Å². The second kappa shape index (κ2) is 8.62. The zero-order valence-corrected chi connectivity index (χ0v) is 21.8. The van der Waals surface area contributed by atoms with Gasteiger partial charge in [0.25, 0.3) is 0 Å². The van der Waals surface area contributed by atoms with Gasteiger partial charge in [0.15, 0.2) is 20.4 Å². The number of hydrazine groups is 1. The van der Waals surface area contributed by atoms with Crippen LogP contribution in [0, 0.1) is 0 Å².